The first kappa shape index (κ1) is 65.5. The molecule has 0 saturated carbocycles. The molecule has 0 bridgehead atoms. The molecule has 2 heterocycles. The van der Waals surface area contributed by atoms with Crippen LogP contribution < -0.4 is 54.0 Å². The lowest BCUT2D eigenvalue weighted by atomic mass is 9.98. The van der Waals surface area contributed by atoms with Crippen LogP contribution in [0.5, 0.6) is 0 Å². The van der Waals surface area contributed by atoms with E-state index in [-0.39, 0.29) is 45.2 Å². The number of fused-ring (bicyclic) bond motifs is 1. The van der Waals surface area contributed by atoms with Crippen LogP contribution in [0.25, 0.3) is 22.0 Å². The van der Waals surface area contributed by atoms with Crippen molar-refractivity contribution in [2.45, 2.75) is 127 Å². The Morgan fingerprint density at radius 1 is 0.524 bits per heavy atom. The number of nitrogens with zero attached hydrogens (tertiary/aromatic N) is 1. The average Bonchev–Trinajstić information content (AvgIpc) is 4.11. The van der Waals surface area contributed by atoms with E-state index in [0.29, 0.717) is 27.6 Å². The number of H-pyrrole nitrogens is 1. The predicted octanol–water partition coefficient (Wildman–Crippen LogP) is 0.438. The summed E-state index contributed by atoms with van der Waals surface area (Å²) in [5.74, 6) is -11.1. The molecule has 2 aromatic heterocycles. The van der Waals surface area contributed by atoms with Gasteiger partial charge >= 0.3 is 11.9 Å². The Kier molecular flexibility index (Phi) is 25.2. The highest BCUT2D eigenvalue weighted by molar-refractivity contribution is 5.99. The van der Waals surface area contributed by atoms with Gasteiger partial charge in [0.25, 0.3) is 0 Å². The normalized spacial score (nSPS) is 13.9. The second kappa shape index (κ2) is 32.3. The summed E-state index contributed by atoms with van der Waals surface area (Å²) < 4.78 is 0. The van der Waals surface area contributed by atoms with Gasteiger partial charge in [-0.1, -0.05) is 93.6 Å². The first-order chi connectivity index (χ1) is 40.1. The van der Waals surface area contributed by atoms with Gasteiger partial charge < -0.3 is 69.2 Å². The van der Waals surface area contributed by atoms with Gasteiger partial charge in [0.05, 0.1) is 12.5 Å². The molecular formula is C59H74N12O13. The minimum atomic E-state index is -1.88. The Balaban J connectivity index is 1.47. The molecule has 0 aliphatic heterocycles. The molecular weight excluding hydrogens is 1080 g/mol. The van der Waals surface area contributed by atoms with Crippen LogP contribution in [0.2, 0.25) is 0 Å². The van der Waals surface area contributed by atoms with E-state index < -0.39 is 138 Å². The minimum Gasteiger partial charge on any atom is -0.481 e. The standard InChI is InChI=1S/C59H74N12O13/c1-5-49(73)64-48(31-61)58(83)67-44(28-36-22-25-62-26-23-36)55(80)69-47(30-51(76)77)56(81)68-46(29-39-32-63-42-14-10-9-13-40(39)42)57(82)71-52(33(2)3)59(84)70-45(27-35-15-17-38(18-16-35)37-11-7-6-8-12-37)54(79)66-43(19-20-50(74)75)53(78)65-41(21-24-60)34(4)72/h6-18,22-23,25-26,32-33,41,43-48,52,63H,5,19-21,24,27-31,60-61H2,1-4H3,(H,64,73)(H,65,78)(H,66,79)(H,67,83)(H,68,81)(H,69,80)(H,70,84)(H,71,82)(H,74,75)(H,76,77)/t41-,43-,44-,45-,46-,47-,48-,52-/m0/s1. The summed E-state index contributed by atoms with van der Waals surface area (Å²) in [4.78, 5) is 156. The summed E-state index contributed by atoms with van der Waals surface area (Å²) in [6.07, 6.45) is 1.94. The maximum atomic E-state index is 14.8. The zero-order valence-electron chi connectivity index (χ0n) is 47.1. The summed E-state index contributed by atoms with van der Waals surface area (Å²) >= 11 is 0. The Hall–Kier alpha value is -9.36. The number of aromatic amines is 1. The number of hydrogen-bond donors (Lipinski definition) is 13. The van der Waals surface area contributed by atoms with E-state index in [1.807, 2.05) is 42.5 Å². The fourth-order valence-corrected chi connectivity index (χ4v) is 9.01. The number of carboxylic acid groups (broad SMARTS) is 2. The van der Waals surface area contributed by atoms with E-state index >= 15 is 0 Å². The highest BCUT2D eigenvalue weighted by Gasteiger charge is 2.37. The van der Waals surface area contributed by atoms with Crippen molar-refractivity contribution in [3.05, 3.63) is 126 Å². The minimum absolute atomic E-state index is 0.0239. The van der Waals surface area contributed by atoms with Crippen LogP contribution in [0.4, 0.5) is 0 Å². The fraction of sp³-hybridized carbons (Fsp3) is 0.390. The summed E-state index contributed by atoms with van der Waals surface area (Å²) in [6, 6.07) is 15.0. The average molecular weight is 1160 g/mol. The third kappa shape index (κ3) is 20.0. The van der Waals surface area contributed by atoms with Crippen molar-refractivity contribution in [1.29, 1.82) is 0 Å². The maximum Gasteiger partial charge on any atom is 0.305 e. The number of para-hydroxylation sites is 1. The van der Waals surface area contributed by atoms with Crippen LogP contribution in [0.15, 0.2) is 110 Å². The number of hydrogen-bond acceptors (Lipinski definition) is 14. The fourth-order valence-electron chi connectivity index (χ4n) is 9.01. The molecule has 15 N–H and O–H groups in total. The summed E-state index contributed by atoms with van der Waals surface area (Å²) in [5, 5.41) is 40.8. The molecule has 3 aromatic carbocycles. The van der Waals surface area contributed by atoms with E-state index in [2.05, 4.69) is 52.5 Å². The van der Waals surface area contributed by atoms with Crippen LogP contribution in [-0.2, 0) is 72.0 Å². The first-order valence-electron chi connectivity index (χ1n) is 27.4. The van der Waals surface area contributed by atoms with Crippen molar-refractivity contribution in [2.24, 2.45) is 17.4 Å². The largest absolute Gasteiger partial charge is 0.481 e. The summed E-state index contributed by atoms with van der Waals surface area (Å²) in [5.41, 5.74) is 15.4. The van der Waals surface area contributed by atoms with E-state index in [0.717, 1.165) is 11.1 Å². The van der Waals surface area contributed by atoms with Gasteiger partial charge in [-0.3, -0.25) is 57.7 Å². The lowest BCUT2D eigenvalue weighted by Gasteiger charge is -2.29. The van der Waals surface area contributed by atoms with E-state index in [9.17, 15) is 63.0 Å². The Morgan fingerprint density at radius 3 is 1.60 bits per heavy atom. The van der Waals surface area contributed by atoms with Crippen molar-refractivity contribution in [3.8, 4) is 11.1 Å². The molecule has 0 spiro atoms. The molecule has 25 heteroatoms. The van der Waals surface area contributed by atoms with Crippen LogP contribution in [0, 0.1) is 5.92 Å². The Labute approximate surface area is 485 Å². The quantitative estimate of drug-likeness (QED) is 0.0271. The lowest BCUT2D eigenvalue weighted by molar-refractivity contribution is -0.141. The number of nitrogens with two attached hydrogens (primary N) is 2. The van der Waals surface area contributed by atoms with Crippen LogP contribution in [0.3, 0.4) is 0 Å². The molecule has 0 radical (unpaired) electrons. The topological polar surface area (TPSA) is 405 Å². The van der Waals surface area contributed by atoms with Crippen LogP contribution in [0.1, 0.15) is 76.5 Å². The van der Waals surface area contributed by atoms with Gasteiger partial charge in [0.15, 0.2) is 5.78 Å². The second-order valence-electron chi connectivity index (χ2n) is 20.4. The zero-order valence-corrected chi connectivity index (χ0v) is 47.1. The van der Waals surface area contributed by atoms with Crippen molar-refractivity contribution in [3.63, 3.8) is 0 Å². The van der Waals surface area contributed by atoms with Crippen molar-refractivity contribution in [1.82, 2.24) is 52.5 Å². The van der Waals surface area contributed by atoms with E-state index in [1.165, 1.54) is 19.3 Å². The number of rotatable bonds is 33. The van der Waals surface area contributed by atoms with Gasteiger partial charge in [0.1, 0.15) is 42.3 Å². The van der Waals surface area contributed by atoms with E-state index in [4.69, 9.17) is 11.5 Å². The number of benzene rings is 3. The summed E-state index contributed by atoms with van der Waals surface area (Å²) in [6.45, 7) is 5.68. The van der Waals surface area contributed by atoms with Crippen molar-refractivity contribution >= 4 is 75.9 Å². The lowest BCUT2D eigenvalue weighted by Crippen LogP contribution is -2.62. The number of pyridine rings is 1. The number of aromatic nitrogens is 2. The number of ketones is 1. The molecule has 5 aromatic rings. The molecule has 8 atom stereocenters. The molecule has 8 amide bonds. The highest BCUT2D eigenvalue weighted by Crippen LogP contribution is 2.22. The zero-order chi connectivity index (χ0) is 61.5. The first-order valence-corrected chi connectivity index (χ1v) is 27.4. The molecule has 0 saturated heterocycles. The van der Waals surface area contributed by atoms with E-state index in [1.54, 1.807) is 75.5 Å². The number of carboxylic acids is 2. The SMILES string of the molecule is CCC(=O)N[C@@H](CN)C(=O)N[C@@H](Cc1ccncc1)C(=O)N[C@@H](CC(=O)O)C(=O)N[C@@H](Cc1c[nH]c2ccccc12)C(=O)N[C@H](C(=O)N[C@@H](Cc1ccc(-c2ccccc2)cc1)C(=O)N[C@@H](CCC(=O)O)C(=O)N[C@@H](CCN)C(C)=O)C(C)C. The third-order valence-corrected chi connectivity index (χ3v) is 13.7. The highest BCUT2D eigenvalue weighted by atomic mass is 16.4. The third-order valence-electron chi connectivity index (χ3n) is 13.7. The van der Waals surface area contributed by atoms with Gasteiger partial charge in [-0.25, -0.2) is 0 Å². The molecule has 25 nitrogen and oxygen atoms in total. The molecule has 5 rings (SSSR count). The Bertz CT molecular complexity index is 3100. The van der Waals surface area contributed by atoms with Gasteiger partial charge in [0.2, 0.25) is 47.3 Å². The number of carbonyl (C=O) groups is 11. The number of carbonyl (C=O) groups excluding carboxylic acids is 9. The summed E-state index contributed by atoms with van der Waals surface area (Å²) in [7, 11) is 0. The molecule has 0 fully saturated rings. The number of nitrogens with one attached hydrogen (secondary N) is 9. The van der Waals surface area contributed by atoms with Gasteiger partial charge in [-0.15, -0.1) is 0 Å². The molecule has 448 valence electrons. The molecule has 0 aliphatic rings. The molecule has 84 heavy (non-hydrogen) atoms. The number of Topliss-reactive ketones (excluding diaryl/α,β-unsaturated/α-hetero) is 1. The Morgan fingerprint density at radius 2 is 1.02 bits per heavy atom. The van der Waals surface area contributed by atoms with Crippen LogP contribution >= 0.6 is 0 Å². The van der Waals surface area contributed by atoms with Gasteiger partial charge in [0, 0.05) is 68.1 Å². The smallest absolute Gasteiger partial charge is 0.305 e. The number of amides is 8. The maximum absolute atomic E-state index is 14.8. The van der Waals surface area contributed by atoms with Crippen molar-refractivity contribution < 1.29 is 63.0 Å². The molecule has 0 aliphatic carbocycles. The molecule has 0 unspecified atom stereocenters. The van der Waals surface area contributed by atoms with Gasteiger partial charge in [-0.05, 0) is 78.2 Å². The van der Waals surface area contributed by atoms with Crippen LogP contribution in [-0.4, -0.2) is 147 Å². The second-order valence-corrected chi connectivity index (χ2v) is 20.4. The monoisotopic (exact) mass is 1160 g/mol. The van der Waals surface area contributed by atoms with Crippen molar-refractivity contribution in [2.75, 3.05) is 13.1 Å². The number of aliphatic carboxylic acids is 2. The van der Waals surface area contributed by atoms with Gasteiger partial charge in [-0.2, -0.15) is 0 Å². The predicted molar refractivity (Wildman–Crippen MR) is 309 cm³/mol.